The Balaban J connectivity index is 0.000000406. The Morgan fingerprint density at radius 1 is 1.09 bits per heavy atom. The van der Waals surface area contributed by atoms with Gasteiger partial charge in [-0.3, -0.25) is 0 Å². The highest BCUT2D eigenvalue weighted by atomic mass is 16.6. The van der Waals surface area contributed by atoms with E-state index >= 15 is 0 Å². The molecule has 1 unspecified atom stereocenters. The van der Waals surface area contributed by atoms with Gasteiger partial charge in [0.25, 0.3) is 0 Å². The maximum absolute atomic E-state index is 10.7. The van der Waals surface area contributed by atoms with Gasteiger partial charge in [0.15, 0.2) is 0 Å². The summed E-state index contributed by atoms with van der Waals surface area (Å²) in [5.41, 5.74) is 0.431. The van der Waals surface area contributed by atoms with Gasteiger partial charge in [0, 0.05) is 17.7 Å². The zero-order chi connectivity index (χ0) is 17.0. The first-order chi connectivity index (χ1) is 10.4. The highest BCUT2D eigenvalue weighted by Crippen LogP contribution is 2.09. The van der Waals surface area contributed by atoms with Crippen LogP contribution in [-0.2, 0) is 33.3 Å². The molecule has 1 fully saturated rings. The third-order valence-corrected chi connectivity index (χ3v) is 2.06. The summed E-state index contributed by atoms with van der Waals surface area (Å²) < 4.78 is 18.6. The van der Waals surface area contributed by atoms with Gasteiger partial charge in [-0.1, -0.05) is 19.7 Å². The minimum Gasteiger partial charge on any atom is -0.459 e. The van der Waals surface area contributed by atoms with Crippen molar-refractivity contribution >= 4 is 17.9 Å². The van der Waals surface area contributed by atoms with Crippen molar-refractivity contribution in [3.05, 3.63) is 37.5 Å². The summed E-state index contributed by atoms with van der Waals surface area (Å²) in [5, 5.41) is 0. The number of epoxide rings is 1. The second kappa shape index (κ2) is 11.3. The molecule has 0 aromatic carbocycles. The molecule has 0 N–H and O–H groups in total. The molecule has 1 rings (SSSR count). The van der Waals surface area contributed by atoms with Crippen LogP contribution < -0.4 is 0 Å². The van der Waals surface area contributed by atoms with Crippen LogP contribution in [-0.4, -0.2) is 50.4 Å². The van der Waals surface area contributed by atoms with Gasteiger partial charge in [-0.15, -0.1) is 0 Å². The van der Waals surface area contributed by atoms with E-state index < -0.39 is 11.9 Å². The molecule has 0 radical (unpaired) electrons. The van der Waals surface area contributed by atoms with Gasteiger partial charge in [0.2, 0.25) is 0 Å². The van der Waals surface area contributed by atoms with Gasteiger partial charge < -0.3 is 18.9 Å². The molecule has 1 heterocycles. The molecular formula is C15H20O7. The highest BCUT2D eigenvalue weighted by Gasteiger charge is 2.24. The maximum atomic E-state index is 10.7. The SMILES string of the molecule is C=C(C)C(=O)OCC1CO1.C=CC(=O)OCCOC(=O)C=C. The van der Waals surface area contributed by atoms with Crippen LogP contribution in [0.4, 0.5) is 0 Å². The molecule has 1 atom stereocenters. The average Bonchev–Trinajstić information content (AvgIpc) is 3.33. The van der Waals surface area contributed by atoms with Crippen LogP contribution in [0.3, 0.4) is 0 Å². The van der Waals surface area contributed by atoms with Crippen LogP contribution in [0.5, 0.6) is 0 Å². The minimum atomic E-state index is -0.537. The lowest BCUT2D eigenvalue weighted by atomic mass is 10.4. The molecule has 1 saturated heterocycles. The molecule has 0 saturated carbocycles. The van der Waals surface area contributed by atoms with Crippen LogP contribution >= 0.6 is 0 Å². The third kappa shape index (κ3) is 11.4. The lowest BCUT2D eigenvalue weighted by Gasteiger charge is -2.01. The summed E-state index contributed by atoms with van der Waals surface area (Å²) in [7, 11) is 0. The largest absolute Gasteiger partial charge is 0.459 e. The predicted molar refractivity (Wildman–Crippen MR) is 77.8 cm³/mol. The van der Waals surface area contributed by atoms with Gasteiger partial charge in [-0.25, -0.2) is 14.4 Å². The minimum absolute atomic E-state index is 0.0322. The van der Waals surface area contributed by atoms with E-state index in [1.54, 1.807) is 6.92 Å². The molecule has 7 nitrogen and oxygen atoms in total. The molecule has 0 spiro atoms. The fourth-order valence-corrected chi connectivity index (χ4v) is 0.858. The average molecular weight is 312 g/mol. The highest BCUT2D eigenvalue weighted by molar-refractivity contribution is 5.86. The summed E-state index contributed by atoms with van der Waals surface area (Å²) >= 11 is 0. The lowest BCUT2D eigenvalue weighted by molar-refractivity contribution is -0.146. The van der Waals surface area contributed by atoms with Crippen molar-refractivity contribution in [2.75, 3.05) is 26.4 Å². The van der Waals surface area contributed by atoms with Crippen LogP contribution in [0.15, 0.2) is 37.5 Å². The third-order valence-electron chi connectivity index (χ3n) is 2.06. The molecule has 0 bridgehead atoms. The predicted octanol–water partition coefficient (Wildman–Crippen LogP) is 0.949. The summed E-state index contributed by atoms with van der Waals surface area (Å²) in [5.74, 6) is -1.41. The quantitative estimate of drug-likeness (QED) is 0.217. The Labute approximate surface area is 129 Å². The molecule has 7 heteroatoms. The van der Waals surface area contributed by atoms with Gasteiger partial charge in [0.1, 0.15) is 25.9 Å². The zero-order valence-corrected chi connectivity index (χ0v) is 12.5. The second-order valence-electron chi connectivity index (χ2n) is 4.08. The van der Waals surface area contributed by atoms with Crippen molar-refractivity contribution in [3.8, 4) is 0 Å². The van der Waals surface area contributed by atoms with E-state index in [9.17, 15) is 14.4 Å². The number of carbonyl (C=O) groups excluding carboxylic acids is 3. The first kappa shape index (κ1) is 19.6. The molecule has 122 valence electrons. The van der Waals surface area contributed by atoms with E-state index in [-0.39, 0.29) is 25.3 Å². The van der Waals surface area contributed by atoms with Crippen molar-refractivity contribution < 1.29 is 33.3 Å². The van der Waals surface area contributed by atoms with Gasteiger partial charge in [0.05, 0.1) is 6.61 Å². The van der Waals surface area contributed by atoms with Crippen molar-refractivity contribution in [1.82, 2.24) is 0 Å². The smallest absolute Gasteiger partial charge is 0.333 e. The summed E-state index contributed by atoms with van der Waals surface area (Å²) in [4.78, 5) is 31.5. The molecular weight excluding hydrogens is 292 g/mol. The van der Waals surface area contributed by atoms with Crippen molar-refractivity contribution in [2.45, 2.75) is 13.0 Å². The van der Waals surface area contributed by atoms with Crippen LogP contribution in [0, 0.1) is 0 Å². The van der Waals surface area contributed by atoms with E-state index in [2.05, 4.69) is 29.2 Å². The molecule has 1 aliphatic rings. The van der Waals surface area contributed by atoms with Crippen molar-refractivity contribution in [2.24, 2.45) is 0 Å². The fourth-order valence-electron chi connectivity index (χ4n) is 0.858. The van der Waals surface area contributed by atoms with Gasteiger partial charge in [-0.05, 0) is 6.92 Å². The molecule has 22 heavy (non-hydrogen) atoms. The zero-order valence-electron chi connectivity index (χ0n) is 12.5. The standard InChI is InChI=1S/C8H10O4.C7H10O3/c1-3-7(9)11-5-6-12-8(10)4-2;1-5(2)7(8)10-4-6-3-9-6/h3-4H,1-2,5-6H2;6H,1,3-4H2,2H3. The Hall–Kier alpha value is -2.41. The Kier molecular flexibility index (Phi) is 10.0. The Morgan fingerprint density at radius 2 is 1.55 bits per heavy atom. The Morgan fingerprint density at radius 3 is 1.86 bits per heavy atom. The van der Waals surface area contributed by atoms with Gasteiger partial charge >= 0.3 is 17.9 Å². The first-order valence-electron chi connectivity index (χ1n) is 6.43. The van der Waals surface area contributed by atoms with E-state index in [4.69, 9.17) is 9.47 Å². The number of ether oxygens (including phenoxy) is 4. The van der Waals surface area contributed by atoms with Crippen molar-refractivity contribution in [1.29, 1.82) is 0 Å². The number of hydrogen-bond acceptors (Lipinski definition) is 7. The molecule has 0 aromatic heterocycles. The summed E-state index contributed by atoms with van der Waals surface area (Å²) in [6, 6.07) is 0. The lowest BCUT2D eigenvalue weighted by Crippen LogP contribution is -2.10. The summed E-state index contributed by atoms with van der Waals surface area (Å²) in [6.07, 6.45) is 2.22. The number of carbonyl (C=O) groups is 3. The van der Waals surface area contributed by atoms with E-state index in [0.29, 0.717) is 18.8 Å². The molecule has 0 aromatic rings. The molecule has 0 aliphatic carbocycles. The monoisotopic (exact) mass is 312 g/mol. The molecule has 0 amide bonds. The van der Waals surface area contributed by atoms with Crippen LogP contribution in [0.1, 0.15) is 6.92 Å². The van der Waals surface area contributed by atoms with E-state index in [1.807, 2.05) is 0 Å². The summed E-state index contributed by atoms with van der Waals surface area (Å²) in [6.45, 7) is 12.6. The van der Waals surface area contributed by atoms with E-state index in [1.165, 1.54) is 0 Å². The maximum Gasteiger partial charge on any atom is 0.333 e. The number of esters is 3. The van der Waals surface area contributed by atoms with Gasteiger partial charge in [-0.2, -0.15) is 0 Å². The topological polar surface area (TPSA) is 91.4 Å². The molecule has 1 aliphatic heterocycles. The normalized spacial score (nSPS) is 14.5. The fraction of sp³-hybridized carbons (Fsp3) is 0.400. The Bertz CT molecular complexity index is 413. The second-order valence-corrected chi connectivity index (χ2v) is 4.08. The number of rotatable bonds is 8. The van der Waals surface area contributed by atoms with E-state index in [0.717, 1.165) is 12.2 Å². The van der Waals surface area contributed by atoms with Crippen molar-refractivity contribution in [3.63, 3.8) is 0 Å². The first-order valence-corrected chi connectivity index (χ1v) is 6.43. The van der Waals surface area contributed by atoms with Crippen LogP contribution in [0.25, 0.3) is 0 Å². The van der Waals surface area contributed by atoms with Crippen LogP contribution in [0.2, 0.25) is 0 Å². The number of hydrogen-bond donors (Lipinski definition) is 0.